The average molecular weight is 223 g/mol. The third-order valence-electron chi connectivity index (χ3n) is 2.30. The third kappa shape index (κ3) is 2.37. The van der Waals surface area contributed by atoms with E-state index in [2.05, 4.69) is 4.98 Å². The molecule has 0 amide bonds. The number of pyridine rings is 1. The van der Waals surface area contributed by atoms with E-state index in [-0.39, 0.29) is 12.2 Å². The van der Waals surface area contributed by atoms with Crippen molar-refractivity contribution in [1.29, 1.82) is 0 Å². The number of hydrogen-bond acceptors (Lipinski definition) is 5. The van der Waals surface area contributed by atoms with Crippen LogP contribution in [0.4, 0.5) is 0 Å². The van der Waals surface area contributed by atoms with Gasteiger partial charge in [-0.25, -0.2) is 4.98 Å². The summed E-state index contributed by atoms with van der Waals surface area (Å²) in [5, 5.41) is 0. The van der Waals surface area contributed by atoms with Crippen molar-refractivity contribution in [3.63, 3.8) is 0 Å². The fraction of sp³-hybridized carbons (Fsp3) is 0.455. The first-order valence-corrected chi connectivity index (χ1v) is 5.06. The minimum Gasteiger partial charge on any atom is -0.494 e. The lowest BCUT2D eigenvalue weighted by molar-refractivity contribution is -0.0408. The molecule has 86 valence electrons. The Morgan fingerprint density at radius 1 is 1.56 bits per heavy atom. The van der Waals surface area contributed by atoms with E-state index >= 15 is 0 Å². The molecule has 0 aromatic carbocycles. The quantitative estimate of drug-likeness (QED) is 0.714. The molecule has 1 aromatic heterocycles. The summed E-state index contributed by atoms with van der Waals surface area (Å²) in [6, 6.07) is 3.43. The van der Waals surface area contributed by atoms with Crippen molar-refractivity contribution in [2.75, 3.05) is 20.3 Å². The Bertz CT molecular complexity index is 374. The summed E-state index contributed by atoms with van der Waals surface area (Å²) in [6.07, 6.45) is 1.29. The molecule has 1 fully saturated rings. The van der Waals surface area contributed by atoms with Crippen molar-refractivity contribution in [2.24, 2.45) is 0 Å². The van der Waals surface area contributed by atoms with Gasteiger partial charge in [0.2, 0.25) is 0 Å². The summed E-state index contributed by atoms with van der Waals surface area (Å²) >= 11 is 0. The molecule has 0 aliphatic carbocycles. The predicted octanol–water partition coefficient (Wildman–Crippen LogP) is 1.04. The molecule has 5 heteroatoms. The summed E-state index contributed by atoms with van der Waals surface area (Å²) in [7, 11) is 1.51. The average Bonchev–Trinajstić information content (AvgIpc) is 2.81. The fourth-order valence-electron chi connectivity index (χ4n) is 1.54. The summed E-state index contributed by atoms with van der Waals surface area (Å²) in [6.45, 7) is 1.08. The predicted molar refractivity (Wildman–Crippen MR) is 55.4 cm³/mol. The Morgan fingerprint density at radius 3 is 3.00 bits per heavy atom. The van der Waals surface area contributed by atoms with Crippen molar-refractivity contribution in [2.45, 2.75) is 12.7 Å². The molecular formula is C11H13NO4. The highest BCUT2D eigenvalue weighted by Crippen LogP contribution is 2.19. The van der Waals surface area contributed by atoms with E-state index in [1.165, 1.54) is 7.11 Å². The highest BCUT2D eigenvalue weighted by Gasteiger charge is 2.23. The van der Waals surface area contributed by atoms with Crippen LogP contribution < -0.4 is 4.74 Å². The number of carbonyl (C=O) groups excluding carboxylic acids is 1. The standard InChI is InChI=1S/C11H13NO4/c1-14-9-3-2-4-12-11(9)8(13)7-10-15-5-6-16-10/h2-4,10H,5-7H2,1H3. The van der Waals surface area contributed by atoms with Crippen LogP contribution in [0.3, 0.4) is 0 Å². The van der Waals surface area contributed by atoms with Gasteiger partial charge in [-0.3, -0.25) is 4.79 Å². The fourth-order valence-corrected chi connectivity index (χ4v) is 1.54. The smallest absolute Gasteiger partial charge is 0.190 e. The second-order valence-corrected chi connectivity index (χ2v) is 3.35. The summed E-state index contributed by atoms with van der Waals surface area (Å²) in [4.78, 5) is 15.9. The lowest BCUT2D eigenvalue weighted by atomic mass is 10.2. The van der Waals surface area contributed by atoms with Crippen LogP contribution in [0.1, 0.15) is 16.9 Å². The van der Waals surface area contributed by atoms with Crippen LogP contribution in [-0.4, -0.2) is 37.4 Å². The van der Waals surface area contributed by atoms with Crippen LogP contribution in [0.2, 0.25) is 0 Å². The van der Waals surface area contributed by atoms with Gasteiger partial charge in [-0.1, -0.05) is 0 Å². The monoisotopic (exact) mass is 223 g/mol. The lowest BCUT2D eigenvalue weighted by Gasteiger charge is -2.09. The van der Waals surface area contributed by atoms with Crippen molar-refractivity contribution in [3.05, 3.63) is 24.0 Å². The molecule has 0 N–H and O–H groups in total. The first-order chi connectivity index (χ1) is 7.81. The molecular weight excluding hydrogens is 210 g/mol. The number of rotatable bonds is 4. The molecule has 5 nitrogen and oxygen atoms in total. The van der Waals surface area contributed by atoms with Gasteiger partial charge in [0, 0.05) is 6.20 Å². The number of aromatic nitrogens is 1. The van der Waals surface area contributed by atoms with Crippen molar-refractivity contribution in [1.82, 2.24) is 4.98 Å². The maximum absolute atomic E-state index is 11.9. The summed E-state index contributed by atoms with van der Waals surface area (Å²) in [5.41, 5.74) is 0.323. The largest absolute Gasteiger partial charge is 0.494 e. The molecule has 2 rings (SSSR count). The SMILES string of the molecule is COc1cccnc1C(=O)CC1OCCO1. The minimum atomic E-state index is -0.445. The van der Waals surface area contributed by atoms with Crippen LogP contribution >= 0.6 is 0 Å². The van der Waals surface area contributed by atoms with Crippen LogP contribution in [0.25, 0.3) is 0 Å². The molecule has 0 radical (unpaired) electrons. The Hall–Kier alpha value is -1.46. The molecule has 16 heavy (non-hydrogen) atoms. The molecule has 0 saturated carbocycles. The minimum absolute atomic E-state index is 0.135. The second kappa shape index (κ2) is 5.05. The molecule has 1 aliphatic rings. The summed E-state index contributed by atoms with van der Waals surface area (Å²) in [5.74, 6) is 0.342. The van der Waals surface area contributed by atoms with Crippen LogP contribution in [0.5, 0.6) is 5.75 Å². The zero-order chi connectivity index (χ0) is 11.4. The maximum atomic E-state index is 11.9. The zero-order valence-electron chi connectivity index (χ0n) is 9.01. The number of carbonyl (C=O) groups is 1. The van der Waals surface area contributed by atoms with E-state index in [0.717, 1.165) is 0 Å². The van der Waals surface area contributed by atoms with Gasteiger partial charge in [0.1, 0.15) is 11.4 Å². The van der Waals surface area contributed by atoms with Gasteiger partial charge in [0.25, 0.3) is 0 Å². The Labute approximate surface area is 93.3 Å². The van der Waals surface area contributed by atoms with E-state index < -0.39 is 6.29 Å². The second-order valence-electron chi connectivity index (χ2n) is 3.35. The van der Waals surface area contributed by atoms with E-state index in [0.29, 0.717) is 24.7 Å². The van der Waals surface area contributed by atoms with Crippen molar-refractivity contribution >= 4 is 5.78 Å². The lowest BCUT2D eigenvalue weighted by Crippen LogP contribution is -2.16. The molecule has 1 aliphatic heterocycles. The van der Waals surface area contributed by atoms with Gasteiger partial charge >= 0.3 is 0 Å². The highest BCUT2D eigenvalue weighted by atomic mass is 16.7. The van der Waals surface area contributed by atoms with E-state index in [1.54, 1.807) is 18.3 Å². The van der Waals surface area contributed by atoms with Gasteiger partial charge in [-0.15, -0.1) is 0 Å². The zero-order valence-corrected chi connectivity index (χ0v) is 9.01. The molecule has 0 spiro atoms. The molecule has 0 bridgehead atoms. The normalized spacial score (nSPS) is 16.3. The van der Waals surface area contributed by atoms with Crippen LogP contribution in [-0.2, 0) is 9.47 Å². The van der Waals surface area contributed by atoms with Crippen molar-refractivity contribution < 1.29 is 19.0 Å². The number of Topliss-reactive ketones (excluding diaryl/α,β-unsaturated/α-hetero) is 1. The van der Waals surface area contributed by atoms with Gasteiger partial charge < -0.3 is 14.2 Å². The number of nitrogens with zero attached hydrogens (tertiary/aromatic N) is 1. The van der Waals surface area contributed by atoms with Crippen molar-refractivity contribution in [3.8, 4) is 5.75 Å². The van der Waals surface area contributed by atoms with Crippen LogP contribution in [0.15, 0.2) is 18.3 Å². The number of methoxy groups -OCH3 is 1. The maximum Gasteiger partial charge on any atom is 0.190 e. The highest BCUT2D eigenvalue weighted by molar-refractivity contribution is 5.96. The summed E-state index contributed by atoms with van der Waals surface area (Å²) < 4.78 is 15.5. The Balaban J connectivity index is 2.07. The Morgan fingerprint density at radius 2 is 2.31 bits per heavy atom. The van der Waals surface area contributed by atoms with E-state index in [1.807, 2.05) is 0 Å². The molecule has 2 heterocycles. The molecule has 0 atom stereocenters. The number of hydrogen-bond donors (Lipinski definition) is 0. The van der Waals surface area contributed by atoms with Crippen LogP contribution in [0, 0.1) is 0 Å². The van der Waals surface area contributed by atoms with Gasteiger partial charge in [0.15, 0.2) is 12.1 Å². The topological polar surface area (TPSA) is 57.7 Å². The number of ether oxygens (including phenoxy) is 3. The van der Waals surface area contributed by atoms with E-state index in [9.17, 15) is 4.79 Å². The third-order valence-corrected chi connectivity index (χ3v) is 2.30. The number of ketones is 1. The molecule has 1 saturated heterocycles. The van der Waals surface area contributed by atoms with Gasteiger partial charge in [0.05, 0.1) is 26.7 Å². The first kappa shape index (κ1) is 11.0. The van der Waals surface area contributed by atoms with Gasteiger partial charge in [-0.05, 0) is 12.1 Å². The molecule has 0 unspecified atom stereocenters. The van der Waals surface area contributed by atoms with Gasteiger partial charge in [-0.2, -0.15) is 0 Å². The Kier molecular flexibility index (Phi) is 3.48. The first-order valence-electron chi connectivity index (χ1n) is 5.06. The molecule has 1 aromatic rings. The van der Waals surface area contributed by atoms with E-state index in [4.69, 9.17) is 14.2 Å².